The highest BCUT2D eigenvalue weighted by Crippen LogP contribution is 2.15. The second-order valence-electron chi connectivity index (χ2n) is 3.44. The topological polar surface area (TPSA) is 20.2 Å². The Kier molecular flexibility index (Phi) is 21.2. The first-order valence-corrected chi connectivity index (χ1v) is 5.94. The molecule has 13 heavy (non-hydrogen) atoms. The molecule has 82 valence electrons. The van der Waals surface area contributed by atoms with Crippen molar-refractivity contribution in [3.05, 3.63) is 0 Å². The fourth-order valence-electron chi connectivity index (χ4n) is 1.24. The molecular formula is C12H28O. The average molecular weight is 188 g/mol. The van der Waals surface area contributed by atoms with Crippen molar-refractivity contribution in [3.8, 4) is 0 Å². The molecule has 0 bridgehead atoms. The van der Waals surface area contributed by atoms with E-state index in [1.165, 1.54) is 51.4 Å². The molecule has 1 nitrogen and oxygen atoms in total. The molecule has 0 radical (unpaired) electrons. The van der Waals surface area contributed by atoms with Gasteiger partial charge in [-0.1, -0.05) is 65.2 Å². The molecule has 0 aliphatic heterocycles. The third kappa shape index (κ3) is 24.5. The Bertz CT molecular complexity index is 48.5. The van der Waals surface area contributed by atoms with E-state index in [4.69, 9.17) is 5.11 Å². The summed E-state index contributed by atoms with van der Waals surface area (Å²) in [7, 11) is 0. The van der Waals surface area contributed by atoms with Gasteiger partial charge in [0.1, 0.15) is 0 Å². The number of aliphatic hydroxyl groups is 1. The predicted molar refractivity (Wildman–Crippen MR) is 61.0 cm³/mol. The third-order valence-electron chi connectivity index (χ3n) is 1.96. The maximum atomic E-state index is 7.57. The number of aliphatic hydroxyl groups excluding tert-OH is 1. The third-order valence-corrected chi connectivity index (χ3v) is 1.96. The lowest BCUT2D eigenvalue weighted by atomic mass is 10.3. The van der Waals surface area contributed by atoms with Gasteiger partial charge < -0.3 is 5.11 Å². The standard InChI is InChI=1S/C5H10.C5H12.C2H6O/c1-2-4-5-3-1;1-3-5-4-2;1-2-3/h1-5H2;3-5H2,1-2H3;3H,2H2,1H3. The largest absolute Gasteiger partial charge is 0.397 e. The van der Waals surface area contributed by atoms with Crippen LogP contribution in [0.25, 0.3) is 0 Å². The molecule has 1 aliphatic carbocycles. The minimum Gasteiger partial charge on any atom is -0.397 e. The van der Waals surface area contributed by atoms with Crippen LogP contribution in [0.15, 0.2) is 0 Å². The molecule has 1 heteroatoms. The fourth-order valence-corrected chi connectivity index (χ4v) is 1.24. The van der Waals surface area contributed by atoms with Crippen LogP contribution in [-0.4, -0.2) is 11.7 Å². The quantitative estimate of drug-likeness (QED) is 0.690. The molecule has 0 aromatic carbocycles. The van der Waals surface area contributed by atoms with Crippen molar-refractivity contribution in [3.63, 3.8) is 0 Å². The van der Waals surface area contributed by atoms with Gasteiger partial charge in [0.05, 0.1) is 0 Å². The summed E-state index contributed by atoms with van der Waals surface area (Å²) in [6, 6.07) is 0. The molecule has 0 amide bonds. The summed E-state index contributed by atoms with van der Waals surface area (Å²) >= 11 is 0. The van der Waals surface area contributed by atoms with E-state index in [1.807, 2.05) is 0 Å². The Morgan fingerprint density at radius 3 is 1.08 bits per heavy atom. The summed E-state index contributed by atoms with van der Waals surface area (Å²) in [6.07, 6.45) is 11.6. The summed E-state index contributed by atoms with van der Waals surface area (Å²) in [5, 5.41) is 7.57. The monoisotopic (exact) mass is 188 g/mol. The number of hydrogen-bond acceptors (Lipinski definition) is 1. The van der Waals surface area contributed by atoms with Crippen LogP contribution in [0.2, 0.25) is 0 Å². The minimum atomic E-state index is 0.250. The van der Waals surface area contributed by atoms with Crippen LogP contribution in [0.5, 0.6) is 0 Å². The van der Waals surface area contributed by atoms with Crippen molar-refractivity contribution >= 4 is 0 Å². The van der Waals surface area contributed by atoms with Crippen LogP contribution in [0.3, 0.4) is 0 Å². The highest BCUT2D eigenvalue weighted by molar-refractivity contribution is 4.51. The van der Waals surface area contributed by atoms with E-state index in [0.717, 1.165) is 0 Å². The zero-order valence-corrected chi connectivity index (χ0v) is 9.81. The molecule has 0 saturated heterocycles. The van der Waals surface area contributed by atoms with Gasteiger partial charge in [-0.15, -0.1) is 0 Å². The first kappa shape index (κ1) is 15.4. The van der Waals surface area contributed by atoms with Gasteiger partial charge in [0.15, 0.2) is 0 Å². The second-order valence-corrected chi connectivity index (χ2v) is 3.44. The summed E-state index contributed by atoms with van der Waals surface area (Å²) < 4.78 is 0. The van der Waals surface area contributed by atoms with Crippen molar-refractivity contribution in [1.29, 1.82) is 0 Å². The van der Waals surface area contributed by atoms with Gasteiger partial charge in [0.25, 0.3) is 0 Å². The lowest BCUT2D eigenvalue weighted by molar-refractivity contribution is 0.318. The van der Waals surface area contributed by atoms with Gasteiger partial charge in [-0.3, -0.25) is 0 Å². The molecule has 1 aliphatic rings. The molecular weight excluding hydrogens is 160 g/mol. The highest BCUT2D eigenvalue weighted by Gasteiger charge is 1.95. The van der Waals surface area contributed by atoms with Crippen LogP contribution in [0.4, 0.5) is 0 Å². The molecule has 1 rings (SSSR count). The van der Waals surface area contributed by atoms with Crippen molar-refractivity contribution in [1.82, 2.24) is 0 Å². The van der Waals surface area contributed by atoms with E-state index in [2.05, 4.69) is 13.8 Å². The predicted octanol–water partition coefficient (Wildman–Crippen LogP) is 4.15. The van der Waals surface area contributed by atoms with Crippen molar-refractivity contribution in [2.24, 2.45) is 0 Å². The first-order valence-electron chi connectivity index (χ1n) is 5.94. The molecule has 0 aromatic rings. The summed E-state index contributed by atoms with van der Waals surface area (Å²) in [6.45, 7) is 6.35. The van der Waals surface area contributed by atoms with E-state index in [0.29, 0.717) is 0 Å². The molecule has 1 N–H and O–H groups in total. The Labute approximate surface area is 84.6 Å². The summed E-state index contributed by atoms with van der Waals surface area (Å²) in [4.78, 5) is 0. The molecule has 0 heterocycles. The SMILES string of the molecule is C1CCCC1.CCCCC.CCO. The van der Waals surface area contributed by atoms with Crippen molar-refractivity contribution in [2.75, 3.05) is 6.61 Å². The maximum absolute atomic E-state index is 7.57. The van der Waals surface area contributed by atoms with Crippen LogP contribution in [-0.2, 0) is 0 Å². The van der Waals surface area contributed by atoms with Gasteiger partial charge in [-0.05, 0) is 6.92 Å². The second kappa shape index (κ2) is 17.9. The lowest BCUT2D eigenvalue weighted by Crippen LogP contribution is -1.59. The van der Waals surface area contributed by atoms with Gasteiger partial charge in [0.2, 0.25) is 0 Å². The van der Waals surface area contributed by atoms with Gasteiger partial charge in [-0.2, -0.15) is 0 Å². The van der Waals surface area contributed by atoms with E-state index in [9.17, 15) is 0 Å². The molecule has 0 unspecified atom stereocenters. The van der Waals surface area contributed by atoms with Crippen LogP contribution < -0.4 is 0 Å². The Morgan fingerprint density at radius 1 is 0.769 bits per heavy atom. The van der Waals surface area contributed by atoms with Gasteiger partial charge >= 0.3 is 0 Å². The number of hydrogen-bond donors (Lipinski definition) is 1. The molecule has 0 spiro atoms. The van der Waals surface area contributed by atoms with Gasteiger partial charge in [-0.25, -0.2) is 0 Å². The number of rotatable bonds is 2. The van der Waals surface area contributed by atoms with Crippen LogP contribution in [0, 0.1) is 0 Å². The molecule has 1 saturated carbocycles. The summed E-state index contributed by atoms with van der Waals surface area (Å²) in [5.41, 5.74) is 0. The van der Waals surface area contributed by atoms with E-state index >= 15 is 0 Å². The first-order chi connectivity index (χ1) is 6.33. The zero-order valence-electron chi connectivity index (χ0n) is 9.81. The molecule has 0 aromatic heterocycles. The minimum absolute atomic E-state index is 0.250. The lowest BCUT2D eigenvalue weighted by Gasteiger charge is -1.79. The van der Waals surface area contributed by atoms with E-state index in [-0.39, 0.29) is 6.61 Å². The van der Waals surface area contributed by atoms with Crippen LogP contribution >= 0.6 is 0 Å². The van der Waals surface area contributed by atoms with Gasteiger partial charge in [0, 0.05) is 6.61 Å². The normalized spacial score (nSPS) is 13.8. The van der Waals surface area contributed by atoms with Crippen molar-refractivity contribution in [2.45, 2.75) is 72.1 Å². The molecule has 0 atom stereocenters. The Balaban J connectivity index is 0. The highest BCUT2D eigenvalue weighted by atomic mass is 16.2. The molecule has 1 fully saturated rings. The van der Waals surface area contributed by atoms with Crippen molar-refractivity contribution < 1.29 is 5.11 Å². The Hall–Kier alpha value is -0.0400. The van der Waals surface area contributed by atoms with E-state index in [1.54, 1.807) is 6.92 Å². The fraction of sp³-hybridized carbons (Fsp3) is 1.00. The maximum Gasteiger partial charge on any atom is 0.0402 e. The average Bonchev–Trinajstić information content (AvgIpc) is 2.64. The van der Waals surface area contributed by atoms with E-state index < -0.39 is 0 Å². The van der Waals surface area contributed by atoms with Crippen LogP contribution in [0.1, 0.15) is 72.1 Å². The summed E-state index contributed by atoms with van der Waals surface area (Å²) in [5.74, 6) is 0. The number of unbranched alkanes of at least 4 members (excludes halogenated alkanes) is 2. The zero-order chi connectivity index (χ0) is 10.4. The Morgan fingerprint density at radius 2 is 1.00 bits per heavy atom. The smallest absolute Gasteiger partial charge is 0.0402 e.